The van der Waals surface area contributed by atoms with E-state index in [0.717, 1.165) is 0 Å². The molecule has 1 N–H and O–H groups in total. The minimum atomic E-state index is -4.08. The van der Waals surface area contributed by atoms with Gasteiger partial charge in [-0.15, -0.1) is 0 Å². The molecule has 0 aromatic heterocycles. The lowest BCUT2D eigenvalue weighted by Gasteiger charge is -2.27. The molecule has 0 spiro atoms. The maximum Gasteiger partial charge on any atom is 0.518 e. The van der Waals surface area contributed by atoms with E-state index < -0.39 is 13.8 Å². The molecule has 0 rings (SSSR count). The molecule has 0 aliphatic rings. The number of esters is 1. The Morgan fingerprint density at radius 3 is 2.44 bits per heavy atom. The van der Waals surface area contributed by atoms with Crippen LogP contribution < -0.4 is 0 Å². The van der Waals surface area contributed by atoms with Crippen LogP contribution in [0.1, 0.15) is 13.8 Å². The molecule has 0 amide bonds. The third-order valence-electron chi connectivity index (χ3n) is 1.83. The van der Waals surface area contributed by atoms with Gasteiger partial charge in [0.05, 0.1) is 20.7 Å². The number of hydroxylamine groups is 3. The quantitative estimate of drug-likeness (QED) is 0.237. The number of phosphoric ester groups is 1. The molecule has 0 aromatic rings. The van der Waals surface area contributed by atoms with Crippen LogP contribution in [0, 0.1) is 0 Å². The lowest BCUT2D eigenvalue weighted by atomic mass is 10.4. The molecule has 0 aromatic carbocycles. The summed E-state index contributed by atoms with van der Waals surface area (Å²) in [5.41, 5.74) is 0.295. The molecule has 1 unspecified atom stereocenters. The molecule has 8 heteroatoms. The lowest BCUT2D eigenvalue weighted by molar-refractivity contribution is -1.05. The number of carbonyl (C=O) groups excluding carboxylic acids is 1. The van der Waals surface area contributed by atoms with Crippen LogP contribution in [-0.4, -0.2) is 49.4 Å². The zero-order valence-electron chi connectivity index (χ0n) is 11.2. The predicted molar refractivity (Wildman–Crippen MR) is 65.3 cm³/mol. The molecule has 0 aliphatic heterocycles. The van der Waals surface area contributed by atoms with Crippen molar-refractivity contribution in [2.45, 2.75) is 13.8 Å². The first kappa shape index (κ1) is 17.3. The van der Waals surface area contributed by atoms with Gasteiger partial charge in [0.2, 0.25) is 0 Å². The number of likely N-dealkylation sites (N-methyl/N-ethyl adjacent to an activating group) is 1. The molecule has 106 valence electrons. The molecule has 1 atom stereocenters. The summed E-state index contributed by atoms with van der Waals surface area (Å²) in [6.45, 7) is 6.88. The zero-order chi connectivity index (χ0) is 14.4. The van der Waals surface area contributed by atoms with Gasteiger partial charge in [-0.3, -0.25) is 9.42 Å². The third kappa shape index (κ3) is 7.58. The Kier molecular flexibility index (Phi) is 6.73. The second-order valence-electron chi connectivity index (χ2n) is 4.18. The van der Waals surface area contributed by atoms with Crippen molar-refractivity contribution in [3.05, 3.63) is 12.2 Å². The van der Waals surface area contributed by atoms with E-state index in [1.165, 1.54) is 6.92 Å². The number of ether oxygens (including phenoxy) is 1. The van der Waals surface area contributed by atoms with Crippen LogP contribution in [0.15, 0.2) is 12.2 Å². The van der Waals surface area contributed by atoms with Crippen molar-refractivity contribution in [3.63, 3.8) is 0 Å². The van der Waals surface area contributed by atoms with Crippen LogP contribution in [0.5, 0.6) is 0 Å². The standard InChI is InChI=1S/C10H20NO6P/c1-6-16-18(13,14)17-11(4,5)7-8-15-10(12)9(2)3/h2,6-8H2,1,3-5H3/p+1. The molecule has 0 bridgehead atoms. The third-order valence-corrected chi connectivity index (χ3v) is 3.06. The molecule has 0 fully saturated rings. The van der Waals surface area contributed by atoms with E-state index in [2.05, 4.69) is 11.1 Å². The maximum atomic E-state index is 11.4. The Labute approximate surface area is 107 Å². The van der Waals surface area contributed by atoms with Gasteiger partial charge in [0.1, 0.15) is 13.2 Å². The van der Waals surface area contributed by atoms with Crippen LogP contribution in [-0.2, 0) is 23.2 Å². The average molecular weight is 282 g/mol. The van der Waals surface area contributed by atoms with Crippen molar-refractivity contribution >= 4 is 13.8 Å². The molecule has 0 heterocycles. The van der Waals surface area contributed by atoms with Gasteiger partial charge >= 0.3 is 13.8 Å². The minimum Gasteiger partial charge on any atom is -0.456 e. The summed E-state index contributed by atoms with van der Waals surface area (Å²) < 4.78 is 25.5. The van der Waals surface area contributed by atoms with E-state index >= 15 is 0 Å². The minimum absolute atomic E-state index is 0.0464. The highest BCUT2D eigenvalue weighted by atomic mass is 31.2. The van der Waals surface area contributed by atoms with E-state index in [4.69, 9.17) is 9.36 Å². The number of quaternary nitrogens is 1. The molecule has 7 nitrogen and oxygen atoms in total. The Bertz CT molecular complexity index is 354. The molecule has 18 heavy (non-hydrogen) atoms. The highest BCUT2D eigenvalue weighted by Crippen LogP contribution is 2.45. The van der Waals surface area contributed by atoms with Crippen molar-refractivity contribution in [1.82, 2.24) is 0 Å². The van der Waals surface area contributed by atoms with Crippen LogP contribution in [0.25, 0.3) is 0 Å². The van der Waals surface area contributed by atoms with Crippen LogP contribution >= 0.6 is 7.82 Å². The predicted octanol–water partition coefficient (Wildman–Crippen LogP) is 1.25. The number of carbonyl (C=O) groups is 1. The summed E-state index contributed by atoms with van der Waals surface area (Å²) in [5.74, 6) is -0.507. The summed E-state index contributed by atoms with van der Waals surface area (Å²) in [5, 5.41) is 0. The Morgan fingerprint density at radius 2 is 2.00 bits per heavy atom. The maximum absolute atomic E-state index is 11.4. The average Bonchev–Trinajstić information content (AvgIpc) is 2.14. The van der Waals surface area contributed by atoms with Crippen molar-refractivity contribution in [3.8, 4) is 0 Å². The number of hydrogen-bond acceptors (Lipinski definition) is 5. The second kappa shape index (κ2) is 7.01. The first-order valence-corrected chi connectivity index (χ1v) is 6.93. The van der Waals surface area contributed by atoms with Gasteiger partial charge in [0.15, 0.2) is 0 Å². The normalized spacial score (nSPS) is 14.9. The Balaban J connectivity index is 4.20. The Hall–Kier alpha value is -0.720. The van der Waals surface area contributed by atoms with Crippen molar-refractivity contribution in [2.24, 2.45) is 0 Å². The van der Waals surface area contributed by atoms with Gasteiger partial charge in [-0.2, -0.15) is 4.65 Å². The first-order chi connectivity index (χ1) is 8.09. The summed E-state index contributed by atoms with van der Waals surface area (Å²) >= 11 is 0. The number of hydrogen-bond donors (Lipinski definition) is 1. The lowest BCUT2D eigenvalue weighted by Crippen LogP contribution is -2.41. The second-order valence-corrected chi connectivity index (χ2v) is 5.54. The summed E-state index contributed by atoms with van der Waals surface area (Å²) in [6.07, 6.45) is 0. The molecule has 0 radical (unpaired) electrons. The van der Waals surface area contributed by atoms with Gasteiger partial charge in [-0.25, -0.2) is 9.36 Å². The summed E-state index contributed by atoms with van der Waals surface area (Å²) in [4.78, 5) is 20.4. The van der Waals surface area contributed by atoms with Gasteiger partial charge in [0.25, 0.3) is 0 Å². The smallest absolute Gasteiger partial charge is 0.456 e. The van der Waals surface area contributed by atoms with E-state index in [9.17, 15) is 14.3 Å². The van der Waals surface area contributed by atoms with Gasteiger partial charge in [-0.1, -0.05) is 11.2 Å². The first-order valence-electron chi connectivity index (χ1n) is 5.44. The number of nitrogens with zero attached hydrogens (tertiary/aromatic N) is 1. The van der Waals surface area contributed by atoms with Crippen LogP contribution in [0.4, 0.5) is 0 Å². The highest BCUT2D eigenvalue weighted by Gasteiger charge is 2.33. The van der Waals surface area contributed by atoms with Crippen LogP contribution in [0.3, 0.4) is 0 Å². The number of phosphoric acid groups is 1. The largest absolute Gasteiger partial charge is 0.518 e. The molecular weight excluding hydrogens is 261 g/mol. The van der Waals surface area contributed by atoms with E-state index in [0.29, 0.717) is 5.57 Å². The fourth-order valence-corrected chi connectivity index (χ4v) is 2.00. The zero-order valence-corrected chi connectivity index (χ0v) is 12.1. The van der Waals surface area contributed by atoms with Gasteiger partial charge in [-0.05, 0) is 13.8 Å². The van der Waals surface area contributed by atoms with Crippen molar-refractivity contribution < 1.29 is 32.8 Å². The van der Waals surface area contributed by atoms with E-state index in [1.54, 1.807) is 21.0 Å². The van der Waals surface area contributed by atoms with Crippen molar-refractivity contribution in [2.75, 3.05) is 33.9 Å². The highest BCUT2D eigenvalue weighted by molar-refractivity contribution is 7.47. The SMILES string of the molecule is C=C(C)C(=O)OCC[N+](C)(C)OP(=O)(O)OCC. The molecular formula is C10H21NO6P+. The topological polar surface area (TPSA) is 82.1 Å². The summed E-state index contributed by atoms with van der Waals surface area (Å²) in [6, 6.07) is 0. The van der Waals surface area contributed by atoms with Gasteiger partial charge in [0, 0.05) is 5.57 Å². The fraction of sp³-hybridized carbons (Fsp3) is 0.700. The van der Waals surface area contributed by atoms with Gasteiger partial charge < -0.3 is 4.74 Å². The summed E-state index contributed by atoms with van der Waals surface area (Å²) in [7, 11) is -0.979. The van der Waals surface area contributed by atoms with E-state index in [-0.39, 0.29) is 24.4 Å². The molecule has 0 aliphatic carbocycles. The number of rotatable bonds is 8. The fourth-order valence-electron chi connectivity index (χ4n) is 0.988. The molecule has 0 saturated carbocycles. The van der Waals surface area contributed by atoms with E-state index in [1.807, 2.05) is 0 Å². The Morgan fingerprint density at radius 1 is 1.44 bits per heavy atom. The van der Waals surface area contributed by atoms with Crippen molar-refractivity contribution in [1.29, 1.82) is 0 Å². The van der Waals surface area contributed by atoms with Crippen LogP contribution in [0.2, 0.25) is 0 Å². The monoisotopic (exact) mass is 282 g/mol. The molecule has 0 saturated heterocycles.